The van der Waals surface area contributed by atoms with Crippen molar-refractivity contribution in [2.45, 2.75) is 44.4 Å². The van der Waals surface area contributed by atoms with Crippen LogP contribution in [0.4, 0.5) is 15.8 Å². The summed E-state index contributed by atoms with van der Waals surface area (Å²) in [7, 11) is -3.83. The molecule has 168 valence electrons. The molecule has 2 fully saturated rings. The van der Waals surface area contributed by atoms with Gasteiger partial charge in [-0.05, 0) is 51.7 Å². The van der Waals surface area contributed by atoms with Gasteiger partial charge in [0.2, 0.25) is 15.9 Å². The normalized spacial score (nSPS) is 20.2. The molecule has 3 heterocycles. The van der Waals surface area contributed by atoms with Crippen molar-refractivity contribution in [1.82, 2.24) is 9.46 Å². The van der Waals surface area contributed by atoms with Gasteiger partial charge in [-0.2, -0.15) is 4.31 Å². The molecule has 1 atom stereocenters. The van der Waals surface area contributed by atoms with Crippen molar-refractivity contribution < 1.29 is 22.1 Å². The van der Waals surface area contributed by atoms with Gasteiger partial charge < -0.3 is 14.7 Å². The number of nitrogens with zero attached hydrogens (tertiary/aromatic N) is 3. The number of sulfonamides is 1. The first-order chi connectivity index (χ1) is 14.8. The molecule has 1 aromatic heterocycles. The minimum Gasteiger partial charge on any atom is -0.370 e. The number of aryl methyl sites for hydroxylation is 2. The number of carbonyl (C=O) groups is 1. The van der Waals surface area contributed by atoms with E-state index >= 15 is 0 Å². The molecular formula is C21H27FN4O4S. The summed E-state index contributed by atoms with van der Waals surface area (Å²) < 4.78 is 47.2. The van der Waals surface area contributed by atoms with Crippen LogP contribution in [0.2, 0.25) is 0 Å². The van der Waals surface area contributed by atoms with Gasteiger partial charge in [-0.1, -0.05) is 11.2 Å². The zero-order chi connectivity index (χ0) is 22.2. The maximum Gasteiger partial charge on any atom is 0.248 e. The van der Waals surface area contributed by atoms with E-state index in [-0.39, 0.29) is 28.8 Å². The van der Waals surface area contributed by atoms with Crippen LogP contribution in [0.3, 0.4) is 0 Å². The second-order valence-electron chi connectivity index (χ2n) is 8.17. The van der Waals surface area contributed by atoms with E-state index in [1.54, 1.807) is 26.0 Å². The van der Waals surface area contributed by atoms with Gasteiger partial charge in [0.15, 0.2) is 5.76 Å². The topological polar surface area (TPSA) is 95.8 Å². The van der Waals surface area contributed by atoms with Crippen molar-refractivity contribution >= 4 is 27.3 Å². The molecule has 2 aliphatic heterocycles. The number of para-hydroxylation sites is 1. The molecule has 2 aromatic rings. The zero-order valence-electron chi connectivity index (χ0n) is 17.7. The van der Waals surface area contributed by atoms with E-state index in [1.165, 1.54) is 10.4 Å². The molecule has 0 saturated carbocycles. The minimum atomic E-state index is -3.83. The number of piperidine rings is 1. The van der Waals surface area contributed by atoms with Gasteiger partial charge in [-0.3, -0.25) is 4.79 Å². The third-order valence-corrected chi connectivity index (χ3v) is 8.12. The highest BCUT2D eigenvalue weighted by Crippen LogP contribution is 2.33. The zero-order valence-corrected chi connectivity index (χ0v) is 18.5. The van der Waals surface area contributed by atoms with Crippen LogP contribution < -0.4 is 10.2 Å². The van der Waals surface area contributed by atoms with Crippen molar-refractivity contribution in [1.29, 1.82) is 0 Å². The fraction of sp³-hybridized carbons (Fsp3) is 0.524. The molecule has 2 saturated heterocycles. The molecule has 2 aliphatic rings. The Bertz CT molecular complexity index is 1060. The predicted molar refractivity (Wildman–Crippen MR) is 114 cm³/mol. The number of hydrogen-bond acceptors (Lipinski definition) is 6. The number of nitrogens with one attached hydrogen (secondary N) is 1. The molecule has 1 unspecified atom stereocenters. The Morgan fingerprint density at radius 2 is 1.94 bits per heavy atom. The molecule has 1 N–H and O–H groups in total. The fourth-order valence-electron chi connectivity index (χ4n) is 4.43. The van der Waals surface area contributed by atoms with Gasteiger partial charge in [0.1, 0.15) is 22.1 Å². The number of benzene rings is 1. The van der Waals surface area contributed by atoms with Gasteiger partial charge in [0, 0.05) is 26.2 Å². The Balaban J connectivity index is 1.53. The summed E-state index contributed by atoms with van der Waals surface area (Å²) in [5, 5.41) is 6.48. The number of carbonyl (C=O) groups excluding carboxylic acids is 1. The third-order valence-electron chi connectivity index (χ3n) is 6.01. The summed E-state index contributed by atoms with van der Waals surface area (Å²) in [5.41, 5.74) is 1.13. The lowest BCUT2D eigenvalue weighted by molar-refractivity contribution is -0.120. The monoisotopic (exact) mass is 450 g/mol. The number of hydrogen-bond donors (Lipinski definition) is 1. The molecule has 0 radical (unpaired) electrons. The van der Waals surface area contributed by atoms with E-state index in [0.717, 1.165) is 25.9 Å². The maximum absolute atomic E-state index is 14.6. The molecule has 1 amide bonds. The van der Waals surface area contributed by atoms with Crippen LogP contribution in [0, 0.1) is 25.6 Å². The SMILES string of the molecule is Cc1noc(C)c1S(=O)(=O)N1CCCC(C(=O)Nc2c(F)cccc2N2CCCC2)C1. The van der Waals surface area contributed by atoms with Gasteiger partial charge in [0.25, 0.3) is 0 Å². The summed E-state index contributed by atoms with van der Waals surface area (Å²) in [5.74, 6) is -1.21. The van der Waals surface area contributed by atoms with Crippen LogP contribution in [0.1, 0.15) is 37.1 Å². The fourth-order valence-corrected chi connectivity index (χ4v) is 6.25. The molecule has 0 spiro atoms. The molecule has 8 nitrogen and oxygen atoms in total. The number of rotatable bonds is 5. The van der Waals surface area contributed by atoms with E-state index < -0.39 is 21.8 Å². The summed E-state index contributed by atoms with van der Waals surface area (Å²) >= 11 is 0. The van der Waals surface area contributed by atoms with Crippen molar-refractivity contribution in [3.05, 3.63) is 35.5 Å². The number of aromatic nitrogens is 1. The number of amides is 1. The van der Waals surface area contributed by atoms with Crippen LogP contribution in [-0.2, 0) is 14.8 Å². The van der Waals surface area contributed by atoms with E-state index in [1.807, 2.05) is 0 Å². The second kappa shape index (κ2) is 8.58. The van der Waals surface area contributed by atoms with Gasteiger partial charge in [-0.25, -0.2) is 12.8 Å². The first kappa shape index (κ1) is 21.8. The van der Waals surface area contributed by atoms with Crippen molar-refractivity contribution in [3.8, 4) is 0 Å². The summed E-state index contributed by atoms with van der Waals surface area (Å²) in [6.07, 6.45) is 3.13. The van der Waals surface area contributed by atoms with Crippen LogP contribution in [-0.4, -0.2) is 50.0 Å². The lowest BCUT2D eigenvalue weighted by Gasteiger charge is -2.31. The molecule has 1 aromatic carbocycles. The molecule has 4 rings (SSSR count). The minimum absolute atomic E-state index is 0.0335. The smallest absolute Gasteiger partial charge is 0.248 e. The van der Waals surface area contributed by atoms with Crippen molar-refractivity contribution in [2.75, 3.05) is 36.4 Å². The lowest BCUT2D eigenvalue weighted by atomic mass is 9.98. The Morgan fingerprint density at radius 1 is 1.19 bits per heavy atom. The average molecular weight is 451 g/mol. The standard InChI is InChI=1S/C21H27FN4O4S/c1-14-20(15(2)30-24-14)31(28,29)26-12-6-7-16(13-26)21(27)23-19-17(22)8-5-9-18(19)25-10-3-4-11-25/h5,8-9,16H,3-4,6-7,10-13H2,1-2H3,(H,23,27). The van der Waals surface area contributed by atoms with E-state index in [0.29, 0.717) is 30.8 Å². The Kier molecular flexibility index (Phi) is 6.02. The Labute approximate surface area is 181 Å². The van der Waals surface area contributed by atoms with Crippen molar-refractivity contribution in [3.63, 3.8) is 0 Å². The average Bonchev–Trinajstić information content (AvgIpc) is 3.39. The highest BCUT2D eigenvalue weighted by atomic mass is 32.2. The molecule has 10 heteroatoms. The van der Waals surface area contributed by atoms with Gasteiger partial charge in [-0.15, -0.1) is 0 Å². The summed E-state index contributed by atoms with van der Waals surface area (Å²) in [6.45, 7) is 5.12. The predicted octanol–water partition coefficient (Wildman–Crippen LogP) is 3.07. The Morgan fingerprint density at radius 3 is 2.61 bits per heavy atom. The van der Waals surface area contributed by atoms with Gasteiger partial charge >= 0.3 is 0 Å². The number of anilines is 2. The van der Waals surface area contributed by atoms with E-state index in [2.05, 4.69) is 15.4 Å². The first-order valence-corrected chi connectivity index (χ1v) is 12.0. The molecule has 0 bridgehead atoms. The third kappa shape index (κ3) is 4.18. The van der Waals surface area contributed by atoms with Gasteiger partial charge in [0.05, 0.1) is 11.6 Å². The van der Waals surface area contributed by atoms with Crippen LogP contribution in [0.15, 0.2) is 27.6 Å². The number of halogens is 1. The van der Waals surface area contributed by atoms with Crippen LogP contribution >= 0.6 is 0 Å². The highest BCUT2D eigenvalue weighted by Gasteiger charge is 2.37. The van der Waals surface area contributed by atoms with Crippen LogP contribution in [0.5, 0.6) is 0 Å². The summed E-state index contributed by atoms with van der Waals surface area (Å²) in [6, 6.07) is 4.76. The quantitative estimate of drug-likeness (QED) is 0.752. The first-order valence-electron chi connectivity index (χ1n) is 10.6. The highest BCUT2D eigenvalue weighted by molar-refractivity contribution is 7.89. The largest absolute Gasteiger partial charge is 0.370 e. The van der Waals surface area contributed by atoms with Crippen LogP contribution in [0.25, 0.3) is 0 Å². The maximum atomic E-state index is 14.6. The Hall–Kier alpha value is -2.46. The molecule has 0 aliphatic carbocycles. The van der Waals surface area contributed by atoms with E-state index in [9.17, 15) is 17.6 Å². The second-order valence-corrected chi connectivity index (χ2v) is 10.0. The van der Waals surface area contributed by atoms with E-state index in [4.69, 9.17) is 4.52 Å². The van der Waals surface area contributed by atoms with Crippen molar-refractivity contribution in [2.24, 2.45) is 5.92 Å². The molecular weight excluding hydrogens is 423 g/mol. The lowest BCUT2D eigenvalue weighted by Crippen LogP contribution is -2.44. The summed E-state index contributed by atoms with van der Waals surface area (Å²) in [4.78, 5) is 15.1. The molecule has 31 heavy (non-hydrogen) atoms.